The molecule has 0 bridgehead atoms. The second-order valence-electron chi connectivity index (χ2n) is 4.56. The summed E-state index contributed by atoms with van der Waals surface area (Å²) < 4.78 is 75.6. The molecule has 0 amide bonds. The summed E-state index contributed by atoms with van der Waals surface area (Å²) in [6.45, 7) is -6.52. The molecule has 0 spiro atoms. The Balaban J connectivity index is 2.23. The van der Waals surface area contributed by atoms with Crippen LogP contribution in [0.5, 0.6) is 5.75 Å². The summed E-state index contributed by atoms with van der Waals surface area (Å²) in [4.78, 5) is 21.1. The summed E-state index contributed by atoms with van der Waals surface area (Å²) in [5.41, 5.74) is -6.47. The lowest BCUT2D eigenvalue weighted by atomic mass is 10.1. The molecule has 0 unspecified atom stereocenters. The number of thioether (sulfide) groups is 1. The van der Waals surface area contributed by atoms with E-state index in [1.807, 2.05) is 0 Å². The molecule has 0 saturated carbocycles. The number of nitrogens with one attached hydrogen (secondary N) is 1. The molecule has 0 aliphatic rings. The number of H-pyrrole nitrogens is 1. The van der Waals surface area contributed by atoms with Crippen LogP contribution in [0.1, 0.15) is 29.2 Å². The number of fused-ring (bicyclic) bond motifs is 1. The smallest absolute Gasteiger partial charge is 0.278 e. The fraction of sp³-hybridized carbons (Fsp3) is 0.250. The molecular weight excluding hydrogens is 328 g/mol. The summed E-state index contributed by atoms with van der Waals surface area (Å²) >= 11 is 0.378. The Kier molecular flexibility index (Phi) is 2.29. The first-order valence-corrected chi connectivity index (χ1v) is 7.31. The van der Waals surface area contributed by atoms with Gasteiger partial charge in [-0.2, -0.15) is 0 Å². The molecule has 3 rings (SSSR count). The number of nitrogens with zero attached hydrogens (tertiary/aromatic N) is 3. The van der Waals surface area contributed by atoms with Crippen LogP contribution in [0.3, 0.4) is 0 Å². The molecule has 0 fully saturated rings. The molecular formula is C16H16N4O3S. The van der Waals surface area contributed by atoms with Crippen molar-refractivity contribution in [1.29, 1.82) is 0 Å². The molecule has 2 aromatic heterocycles. The number of pyridine rings is 1. The van der Waals surface area contributed by atoms with Crippen molar-refractivity contribution in [2.24, 2.45) is 0 Å². The van der Waals surface area contributed by atoms with Gasteiger partial charge in [-0.1, -0.05) is 11.8 Å². The van der Waals surface area contributed by atoms with E-state index in [9.17, 15) is 10.1 Å². The molecule has 0 aliphatic heterocycles. The van der Waals surface area contributed by atoms with Crippen LogP contribution in [0.4, 0.5) is 5.69 Å². The molecule has 0 aliphatic carbocycles. The van der Waals surface area contributed by atoms with E-state index < -0.39 is 53.0 Å². The van der Waals surface area contributed by atoms with Gasteiger partial charge in [-0.3, -0.25) is 15.1 Å². The van der Waals surface area contributed by atoms with Crippen LogP contribution in [0.2, 0.25) is 0 Å². The number of hydrogen-bond donors (Lipinski definition) is 1. The van der Waals surface area contributed by atoms with Gasteiger partial charge in [0.15, 0.2) is 5.16 Å². The highest BCUT2D eigenvalue weighted by atomic mass is 32.2. The summed E-state index contributed by atoms with van der Waals surface area (Å²) in [7, 11) is 1.46. The fourth-order valence-corrected chi connectivity index (χ4v) is 2.60. The average Bonchev–Trinajstić information content (AvgIpc) is 3.05. The summed E-state index contributed by atoms with van der Waals surface area (Å²) in [6.07, 6.45) is -1.11. The predicted molar refractivity (Wildman–Crippen MR) is 92.6 cm³/mol. The Morgan fingerprint density at radius 1 is 1.54 bits per heavy atom. The van der Waals surface area contributed by atoms with Gasteiger partial charge < -0.3 is 9.72 Å². The van der Waals surface area contributed by atoms with E-state index in [-0.39, 0.29) is 5.16 Å². The number of ether oxygens (including phenoxy) is 1. The summed E-state index contributed by atoms with van der Waals surface area (Å²) in [5.74, 6) is 0.506. The molecule has 1 aromatic carbocycles. The Hall–Kier alpha value is -2.61. The van der Waals surface area contributed by atoms with Gasteiger partial charge in [-0.15, -0.1) is 0 Å². The predicted octanol–water partition coefficient (Wildman–Crippen LogP) is 3.78. The highest BCUT2D eigenvalue weighted by Crippen LogP contribution is 2.29. The van der Waals surface area contributed by atoms with E-state index in [4.69, 9.17) is 17.1 Å². The largest absolute Gasteiger partial charge is 0.497 e. The lowest BCUT2D eigenvalue weighted by Gasteiger charge is -2.06. The van der Waals surface area contributed by atoms with E-state index in [1.54, 1.807) is 18.2 Å². The monoisotopic (exact) mass is 353 g/mol. The number of rotatable bonds is 5. The van der Waals surface area contributed by atoms with E-state index in [0.717, 1.165) is 0 Å². The SMILES string of the molecule is [2H]c1nc(C([2H])([2H])Sc2nc3ccc(OC)cc3[nH]2)c(C([2H])([2H])[2H])c([N+](=O)[O-])c1C([2H])([2H])[2H]. The van der Waals surface area contributed by atoms with Crippen molar-refractivity contribution in [3.05, 3.63) is 51.3 Å². The quantitative estimate of drug-likeness (QED) is 0.426. The second kappa shape index (κ2) is 6.48. The number of hydrogen-bond acceptors (Lipinski definition) is 6. The maximum atomic E-state index is 11.7. The molecule has 8 heteroatoms. The molecule has 24 heavy (non-hydrogen) atoms. The zero-order chi connectivity index (χ0) is 24.9. The topological polar surface area (TPSA) is 93.9 Å². The summed E-state index contributed by atoms with van der Waals surface area (Å²) in [6, 6.07) is 4.84. The first kappa shape index (κ1) is 8.48. The Bertz CT molecular complexity index is 1240. The van der Waals surface area contributed by atoms with Crippen molar-refractivity contribution in [2.75, 3.05) is 7.11 Å². The minimum Gasteiger partial charge on any atom is -0.497 e. The number of nitro groups is 1. The third-order valence-electron chi connectivity index (χ3n) is 3.08. The molecule has 0 radical (unpaired) electrons. The van der Waals surface area contributed by atoms with Gasteiger partial charge in [0.25, 0.3) is 5.69 Å². The first-order valence-electron chi connectivity index (χ1n) is 11.0. The van der Waals surface area contributed by atoms with Crippen LogP contribution in [0.15, 0.2) is 29.5 Å². The van der Waals surface area contributed by atoms with Gasteiger partial charge in [0.05, 0.1) is 30.1 Å². The van der Waals surface area contributed by atoms with Crippen LogP contribution in [0, 0.1) is 23.8 Å². The van der Waals surface area contributed by atoms with Crippen LogP contribution in [-0.2, 0) is 5.70 Å². The third-order valence-corrected chi connectivity index (χ3v) is 3.77. The zero-order valence-electron chi connectivity index (χ0n) is 21.2. The van der Waals surface area contributed by atoms with Gasteiger partial charge in [-0.05, 0) is 25.8 Å². The lowest BCUT2D eigenvalue weighted by Crippen LogP contribution is -2.01. The maximum Gasteiger partial charge on any atom is 0.278 e. The second-order valence-corrected chi connectivity index (χ2v) is 5.35. The minimum atomic E-state index is -3.30. The number of aromatic amines is 1. The standard InChI is InChI=1S/C16H16N4O3S/c1-9-7-17-14(10(2)15(9)20(21)22)8-24-16-18-12-5-4-11(23-3)6-13(12)19-16/h4-7H,8H2,1-3H3,(H,18,19)/i1D3,2D3,7D,8D2. The number of benzene rings is 1. The van der Waals surface area contributed by atoms with Gasteiger partial charge in [0, 0.05) is 40.0 Å². The minimum absolute atomic E-state index is 0.00405. The maximum absolute atomic E-state index is 11.7. The Labute approximate surface area is 155 Å². The molecule has 124 valence electrons. The van der Waals surface area contributed by atoms with E-state index >= 15 is 0 Å². The number of imidazole rings is 1. The Morgan fingerprint density at radius 3 is 3.12 bits per heavy atom. The van der Waals surface area contributed by atoms with Gasteiger partial charge >= 0.3 is 0 Å². The lowest BCUT2D eigenvalue weighted by molar-refractivity contribution is -0.386. The van der Waals surface area contributed by atoms with Gasteiger partial charge in [0.1, 0.15) is 5.75 Å². The zero-order valence-corrected chi connectivity index (χ0v) is 13.0. The summed E-state index contributed by atoms with van der Waals surface area (Å²) in [5, 5.41) is 11.7. The molecule has 0 atom stereocenters. The van der Waals surface area contributed by atoms with E-state index in [1.165, 1.54) is 7.11 Å². The van der Waals surface area contributed by atoms with Crippen LogP contribution in [0.25, 0.3) is 11.0 Å². The molecule has 1 N–H and O–H groups in total. The number of methoxy groups -OCH3 is 1. The molecule has 2 heterocycles. The fourth-order valence-electron chi connectivity index (χ4n) is 1.95. The Morgan fingerprint density at radius 2 is 2.42 bits per heavy atom. The highest BCUT2D eigenvalue weighted by molar-refractivity contribution is 7.98. The van der Waals surface area contributed by atoms with E-state index in [2.05, 4.69) is 15.0 Å². The average molecular weight is 353 g/mol. The first-order chi connectivity index (χ1) is 15.1. The molecule has 0 saturated heterocycles. The van der Waals surface area contributed by atoms with Crippen molar-refractivity contribution in [1.82, 2.24) is 15.0 Å². The highest BCUT2D eigenvalue weighted by Gasteiger charge is 2.19. The van der Waals surface area contributed by atoms with Gasteiger partial charge in [0.2, 0.25) is 0 Å². The van der Waals surface area contributed by atoms with E-state index in [0.29, 0.717) is 28.5 Å². The number of aromatic nitrogens is 3. The van der Waals surface area contributed by atoms with Crippen LogP contribution >= 0.6 is 11.8 Å². The van der Waals surface area contributed by atoms with Gasteiger partial charge in [-0.25, -0.2) is 4.98 Å². The van der Waals surface area contributed by atoms with Crippen molar-refractivity contribution in [3.8, 4) is 5.75 Å². The molecule has 3 aromatic rings. The normalized spacial score (nSPS) is 18.1. The van der Waals surface area contributed by atoms with Crippen molar-refractivity contribution >= 4 is 28.5 Å². The van der Waals surface area contributed by atoms with Crippen LogP contribution < -0.4 is 4.74 Å². The third kappa shape index (κ3) is 3.05. The van der Waals surface area contributed by atoms with Crippen molar-refractivity contribution < 1.29 is 22.0 Å². The van der Waals surface area contributed by atoms with Crippen LogP contribution in [-0.4, -0.2) is 27.0 Å². The molecule has 7 nitrogen and oxygen atoms in total. The van der Waals surface area contributed by atoms with Crippen molar-refractivity contribution in [2.45, 2.75) is 24.6 Å². The van der Waals surface area contributed by atoms with Crippen molar-refractivity contribution in [3.63, 3.8) is 0 Å².